The molecule has 63 heavy (non-hydrogen) atoms. The fraction of sp³-hybridized carbons (Fsp3) is 0.115. The lowest BCUT2D eigenvalue weighted by Gasteiger charge is -2.44. The second-order valence-corrected chi connectivity index (χ2v) is 17.5. The first kappa shape index (κ1) is 37.4. The van der Waals surface area contributed by atoms with Crippen LogP contribution in [0.1, 0.15) is 29.5 Å². The molecule has 0 aliphatic heterocycles. The maximum absolute atomic E-state index is 2.65. The normalized spacial score (nSPS) is 20.8. The highest BCUT2D eigenvalue weighted by molar-refractivity contribution is 6.10. The van der Waals surface area contributed by atoms with Gasteiger partial charge >= 0.3 is 0 Å². The van der Waals surface area contributed by atoms with Crippen LogP contribution in [0.2, 0.25) is 0 Å². The van der Waals surface area contributed by atoms with Gasteiger partial charge in [0.15, 0.2) is 0 Å². The summed E-state index contributed by atoms with van der Waals surface area (Å²) in [7, 11) is 0. The summed E-state index contributed by atoms with van der Waals surface area (Å²) in [6.45, 7) is 0. The predicted octanol–water partition coefficient (Wildman–Crippen LogP) is 14.9. The van der Waals surface area contributed by atoms with Gasteiger partial charge in [0.1, 0.15) is 0 Å². The van der Waals surface area contributed by atoms with Crippen molar-refractivity contribution in [3.05, 3.63) is 271 Å². The Bertz CT molecular complexity index is 3120. The van der Waals surface area contributed by atoms with Crippen LogP contribution in [-0.4, -0.2) is 10.6 Å². The molecule has 0 saturated heterocycles. The van der Waals surface area contributed by atoms with E-state index in [0.29, 0.717) is 11.8 Å². The van der Waals surface area contributed by atoms with E-state index in [0.717, 1.165) is 12.8 Å². The Kier molecular flexibility index (Phi) is 9.18. The largest absolute Gasteiger partial charge is 0.338 e. The summed E-state index contributed by atoms with van der Waals surface area (Å²) < 4.78 is 2.39. The molecule has 4 aliphatic carbocycles. The molecule has 8 aromatic rings. The number of allylic oxidation sites excluding steroid dienone is 10. The Morgan fingerprint density at radius 3 is 1.87 bits per heavy atom. The molecule has 4 aliphatic rings. The third-order valence-electron chi connectivity index (χ3n) is 14.4. The van der Waals surface area contributed by atoms with E-state index in [2.05, 4.69) is 252 Å². The average molecular weight is 809 g/mol. The van der Waals surface area contributed by atoms with Crippen LogP contribution in [0.5, 0.6) is 0 Å². The fourth-order valence-corrected chi connectivity index (χ4v) is 11.7. The van der Waals surface area contributed by atoms with Crippen molar-refractivity contribution in [2.75, 3.05) is 4.90 Å². The number of anilines is 1. The number of nitrogens with zero attached hydrogens (tertiary/aromatic N) is 2. The molecule has 4 unspecified atom stereocenters. The molecule has 7 aromatic carbocycles. The van der Waals surface area contributed by atoms with Crippen molar-refractivity contribution in [3.63, 3.8) is 0 Å². The van der Waals surface area contributed by atoms with Gasteiger partial charge in [0.25, 0.3) is 0 Å². The molecule has 0 bridgehead atoms. The second-order valence-electron chi connectivity index (χ2n) is 17.5. The van der Waals surface area contributed by atoms with Gasteiger partial charge < -0.3 is 9.47 Å². The zero-order valence-electron chi connectivity index (χ0n) is 35.2. The minimum atomic E-state index is -0.222. The molecule has 0 amide bonds. The van der Waals surface area contributed by atoms with E-state index in [1.165, 1.54) is 72.3 Å². The van der Waals surface area contributed by atoms with Crippen LogP contribution >= 0.6 is 0 Å². The lowest BCUT2D eigenvalue weighted by atomic mass is 9.60. The summed E-state index contributed by atoms with van der Waals surface area (Å²) in [5.74, 6) is 0.934. The predicted molar refractivity (Wildman–Crippen MR) is 264 cm³/mol. The summed E-state index contributed by atoms with van der Waals surface area (Å²) in [5.41, 5.74) is 15.3. The lowest BCUT2D eigenvalue weighted by molar-refractivity contribution is 0.329. The van der Waals surface area contributed by atoms with Crippen molar-refractivity contribution in [1.82, 2.24) is 4.57 Å². The number of para-hydroxylation sites is 2. The number of benzene rings is 7. The summed E-state index contributed by atoms with van der Waals surface area (Å²) in [4.78, 5) is 2.65. The molecule has 0 N–H and O–H groups in total. The van der Waals surface area contributed by atoms with Crippen LogP contribution in [0.15, 0.2) is 254 Å². The molecule has 1 heterocycles. The van der Waals surface area contributed by atoms with Crippen LogP contribution in [-0.2, 0) is 5.41 Å². The Balaban J connectivity index is 0.956. The molecule has 0 radical (unpaired) electrons. The molecule has 4 atom stereocenters. The van der Waals surface area contributed by atoms with E-state index in [9.17, 15) is 0 Å². The molecular weight excluding hydrogens is 761 g/mol. The highest BCUT2D eigenvalue weighted by atomic mass is 15.2. The minimum Gasteiger partial charge on any atom is -0.338 e. The number of rotatable bonds is 8. The molecule has 0 spiro atoms. The molecule has 2 nitrogen and oxygen atoms in total. The second kappa shape index (κ2) is 15.5. The number of hydrogen-bond acceptors (Lipinski definition) is 1. The van der Waals surface area contributed by atoms with Gasteiger partial charge in [0.2, 0.25) is 0 Å². The number of aromatic nitrogens is 1. The van der Waals surface area contributed by atoms with E-state index in [1.54, 1.807) is 5.57 Å². The van der Waals surface area contributed by atoms with Gasteiger partial charge in [0.05, 0.1) is 17.1 Å². The summed E-state index contributed by atoms with van der Waals surface area (Å²) in [6, 6.07) is 69.6. The average Bonchev–Trinajstić information content (AvgIpc) is 3.86. The summed E-state index contributed by atoms with van der Waals surface area (Å²) in [5, 5.41) is 2.53. The smallest absolute Gasteiger partial charge is 0.0557 e. The Morgan fingerprint density at radius 2 is 1.16 bits per heavy atom. The zero-order chi connectivity index (χ0) is 41.7. The van der Waals surface area contributed by atoms with Crippen molar-refractivity contribution in [2.45, 2.75) is 24.3 Å². The molecule has 12 rings (SSSR count). The van der Waals surface area contributed by atoms with Gasteiger partial charge in [-0.3, -0.25) is 0 Å². The standard InChI is InChI=1S/C61H48N2/c1-5-17-43(18-6-1)44-29-34-50(35-30-44)62(51-36-31-45(32-37-51)46-33-40-60-56(41-46)55-26-14-16-28-59(55)63(60)49-23-11-4-12-24-49)52-38-39-54-53-25-13-15-27-57(53)61(58(54)42-52,47-19-7-2-8-20-47)48-21-9-3-10-22-48/h1-34,36-41,50,53,57-58H,35,42H2. The van der Waals surface area contributed by atoms with Crippen LogP contribution in [0.4, 0.5) is 5.69 Å². The quantitative estimate of drug-likeness (QED) is 0.148. The highest BCUT2D eigenvalue weighted by Crippen LogP contribution is 2.63. The van der Waals surface area contributed by atoms with Gasteiger partial charge in [-0.15, -0.1) is 0 Å². The van der Waals surface area contributed by atoms with E-state index in [1.807, 2.05) is 0 Å². The maximum Gasteiger partial charge on any atom is 0.0557 e. The van der Waals surface area contributed by atoms with Crippen molar-refractivity contribution in [2.24, 2.45) is 17.8 Å². The topological polar surface area (TPSA) is 8.17 Å². The van der Waals surface area contributed by atoms with E-state index in [4.69, 9.17) is 0 Å². The molecule has 1 fully saturated rings. The minimum absolute atomic E-state index is 0.163. The monoisotopic (exact) mass is 808 g/mol. The Morgan fingerprint density at radius 1 is 0.524 bits per heavy atom. The molecular formula is C61H48N2. The summed E-state index contributed by atoms with van der Waals surface area (Å²) >= 11 is 0. The van der Waals surface area contributed by atoms with E-state index < -0.39 is 0 Å². The van der Waals surface area contributed by atoms with Crippen LogP contribution in [0, 0.1) is 17.8 Å². The molecule has 302 valence electrons. The highest BCUT2D eigenvalue weighted by Gasteiger charge is 2.58. The Labute approximate surface area is 370 Å². The van der Waals surface area contributed by atoms with Gasteiger partial charge in [-0.1, -0.05) is 200 Å². The zero-order valence-corrected chi connectivity index (χ0v) is 35.2. The van der Waals surface area contributed by atoms with Gasteiger partial charge in [-0.2, -0.15) is 0 Å². The Hall–Kier alpha value is -7.42. The maximum atomic E-state index is 2.65. The van der Waals surface area contributed by atoms with Crippen LogP contribution in [0.3, 0.4) is 0 Å². The van der Waals surface area contributed by atoms with Gasteiger partial charge in [0, 0.05) is 51.0 Å². The first-order valence-electron chi connectivity index (χ1n) is 22.5. The van der Waals surface area contributed by atoms with Gasteiger partial charge in [-0.05, 0) is 94.8 Å². The summed E-state index contributed by atoms with van der Waals surface area (Å²) in [6.07, 6.45) is 23.5. The van der Waals surface area contributed by atoms with Crippen molar-refractivity contribution in [3.8, 4) is 16.8 Å². The first-order chi connectivity index (χ1) is 31.3. The molecule has 2 heteroatoms. The van der Waals surface area contributed by atoms with Crippen LogP contribution in [0.25, 0.3) is 44.2 Å². The van der Waals surface area contributed by atoms with E-state index >= 15 is 0 Å². The first-order valence-corrected chi connectivity index (χ1v) is 22.5. The lowest BCUT2D eigenvalue weighted by Crippen LogP contribution is -2.41. The molecule has 1 saturated carbocycles. The van der Waals surface area contributed by atoms with Crippen molar-refractivity contribution < 1.29 is 0 Å². The fourth-order valence-electron chi connectivity index (χ4n) is 11.7. The molecule has 1 aromatic heterocycles. The third kappa shape index (κ3) is 6.15. The van der Waals surface area contributed by atoms with Crippen molar-refractivity contribution >= 4 is 33.1 Å². The van der Waals surface area contributed by atoms with Crippen molar-refractivity contribution in [1.29, 1.82) is 0 Å². The van der Waals surface area contributed by atoms with Gasteiger partial charge in [-0.25, -0.2) is 0 Å². The number of fused-ring (bicyclic) bond motifs is 6. The van der Waals surface area contributed by atoms with Crippen LogP contribution < -0.4 is 4.90 Å². The number of hydrogen-bond donors (Lipinski definition) is 0. The SMILES string of the molecule is C1=CC2C3=CC=C(N(c4ccc(-c5ccc6c(c5)c5ccccc5n6-c5ccccc5)cc4)C4C=CC(c5ccccc5)=CC4)CC3C(c3ccccc3)(c3ccccc3)C2C=C1. The third-order valence-corrected chi connectivity index (χ3v) is 14.4. The van der Waals surface area contributed by atoms with E-state index in [-0.39, 0.29) is 17.4 Å².